The zero-order valence-electron chi connectivity index (χ0n) is 12.0. The third-order valence-corrected chi connectivity index (χ3v) is 3.65. The summed E-state index contributed by atoms with van der Waals surface area (Å²) >= 11 is 0. The zero-order chi connectivity index (χ0) is 15.7. The Bertz CT molecular complexity index is 855. The van der Waals surface area contributed by atoms with Crippen LogP contribution >= 0.6 is 0 Å². The van der Waals surface area contributed by atoms with Gasteiger partial charge in [-0.3, -0.25) is 0 Å². The van der Waals surface area contributed by atoms with Crippen molar-refractivity contribution in [2.75, 3.05) is 0 Å². The molecule has 0 unspecified atom stereocenters. The van der Waals surface area contributed by atoms with E-state index in [9.17, 15) is 9.18 Å². The number of nitrogens with two attached hydrogens (primary N) is 1. The predicted octanol–water partition coefficient (Wildman–Crippen LogP) is 3.88. The number of ether oxygens (including phenoxy) is 1. The molecule has 2 aromatic carbocycles. The Balaban J connectivity index is 2.06. The van der Waals surface area contributed by atoms with Crippen molar-refractivity contribution in [2.24, 2.45) is 5.73 Å². The highest BCUT2D eigenvalue weighted by atomic mass is 19.1. The monoisotopic (exact) mass is 298 g/mol. The molecule has 0 aliphatic rings. The van der Waals surface area contributed by atoms with Crippen LogP contribution in [0.25, 0.3) is 22.2 Å². The van der Waals surface area contributed by atoms with Crippen LogP contribution in [0.1, 0.15) is 11.1 Å². The lowest BCUT2D eigenvalue weighted by Crippen LogP contribution is -2.12. The van der Waals surface area contributed by atoms with Gasteiger partial charge in [0, 0.05) is 16.5 Å². The largest absolute Gasteiger partial charge is 0.445 e. The molecular weight excluding hydrogens is 283 g/mol. The molecule has 3 aromatic rings. The summed E-state index contributed by atoms with van der Waals surface area (Å²) in [6.45, 7) is 2.05. The molecule has 0 saturated heterocycles. The molecule has 0 aliphatic heterocycles. The minimum Gasteiger partial charge on any atom is -0.445 e. The van der Waals surface area contributed by atoms with Crippen molar-refractivity contribution in [2.45, 2.75) is 13.5 Å². The third kappa shape index (κ3) is 2.53. The molecule has 3 N–H and O–H groups in total. The Morgan fingerprint density at radius 1 is 1.27 bits per heavy atom. The minimum absolute atomic E-state index is 0.116. The number of carbonyl (C=O) groups is 1. The molecule has 112 valence electrons. The van der Waals surface area contributed by atoms with Gasteiger partial charge in [-0.25, -0.2) is 9.18 Å². The molecule has 0 saturated carbocycles. The lowest BCUT2D eigenvalue weighted by molar-refractivity contribution is 0.150. The molecule has 0 radical (unpaired) electrons. The number of H-pyrrole nitrogens is 1. The highest BCUT2D eigenvalue weighted by Gasteiger charge is 2.13. The van der Waals surface area contributed by atoms with Crippen LogP contribution < -0.4 is 5.73 Å². The molecule has 1 aromatic heterocycles. The van der Waals surface area contributed by atoms with Gasteiger partial charge in [-0.15, -0.1) is 0 Å². The summed E-state index contributed by atoms with van der Waals surface area (Å²) in [6.07, 6.45) is -0.807. The first-order valence-corrected chi connectivity index (χ1v) is 6.84. The summed E-state index contributed by atoms with van der Waals surface area (Å²) in [5.74, 6) is -0.269. The number of benzene rings is 2. The number of fused-ring (bicyclic) bond motifs is 1. The number of aromatic nitrogens is 1. The van der Waals surface area contributed by atoms with Gasteiger partial charge in [-0.2, -0.15) is 0 Å². The van der Waals surface area contributed by atoms with Gasteiger partial charge in [-0.1, -0.05) is 18.2 Å². The van der Waals surface area contributed by atoms with E-state index in [-0.39, 0.29) is 12.4 Å². The number of carbonyl (C=O) groups excluding carboxylic acids is 1. The number of halogens is 1. The van der Waals surface area contributed by atoms with Crippen LogP contribution in [0.2, 0.25) is 0 Å². The van der Waals surface area contributed by atoms with Gasteiger partial charge in [0.05, 0.1) is 5.69 Å². The van der Waals surface area contributed by atoms with Gasteiger partial charge in [0.25, 0.3) is 0 Å². The molecule has 0 atom stereocenters. The number of nitrogens with one attached hydrogen (secondary N) is 1. The molecule has 5 heteroatoms. The van der Waals surface area contributed by atoms with E-state index < -0.39 is 6.09 Å². The highest BCUT2D eigenvalue weighted by Crippen LogP contribution is 2.31. The fourth-order valence-corrected chi connectivity index (χ4v) is 2.55. The highest BCUT2D eigenvalue weighted by molar-refractivity contribution is 5.91. The topological polar surface area (TPSA) is 68.1 Å². The SMILES string of the molecule is Cc1c(-c2ccccc2F)[nH]c2ccc(COC(N)=O)cc12. The first kappa shape index (κ1) is 14.1. The molecule has 0 aliphatic carbocycles. The molecule has 0 spiro atoms. The fourth-order valence-electron chi connectivity index (χ4n) is 2.55. The molecule has 1 amide bonds. The van der Waals surface area contributed by atoms with Gasteiger partial charge >= 0.3 is 6.09 Å². The molecule has 1 heterocycles. The number of hydrogen-bond donors (Lipinski definition) is 2. The van der Waals surface area contributed by atoms with Crippen LogP contribution in [0.15, 0.2) is 42.5 Å². The quantitative estimate of drug-likeness (QED) is 0.770. The van der Waals surface area contributed by atoms with E-state index in [1.807, 2.05) is 25.1 Å². The Hall–Kier alpha value is -2.82. The van der Waals surface area contributed by atoms with Crippen molar-refractivity contribution >= 4 is 17.0 Å². The summed E-state index contributed by atoms with van der Waals surface area (Å²) < 4.78 is 18.8. The predicted molar refractivity (Wildman–Crippen MR) is 82.8 cm³/mol. The van der Waals surface area contributed by atoms with Crippen LogP contribution in [0.5, 0.6) is 0 Å². The maximum Gasteiger partial charge on any atom is 0.404 e. The summed E-state index contributed by atoms with van der Waals surface area (Å²) in [5, 5.41) is 0.962. The second-order valence-corrected chi connectivity index (χ2v) is 5.09. The standard InChI is InChI=1S/C17H15FN2O2/c1-10-13-8-11(9-22-17(19)21)6-7-15(13)20-16(10)12-4-2-3-5-14(12)18/h2-8,20H,9H2,1H3,(H2,19,21). The molecule has 4 nitrogen and oxygen atoms in total. The van der Waals surface area contributed by atoms with Crippen LogP contribution in [0, 0.1) is 12.7 Å². The van der Waals surface area contributed by atoms with Crippen molar-refractivity contribution in [3.8, 4) is 11.3 Å². The number of aromatic amines is 1. The molecule has 0 fully saturated rings. The van der Waals surface area contributed by atoms with Crippen molar-refractivity contribution in [3.63, 3.8) is 0 Å². The van der Waals surface area contributed by atoms with E-state index in [1.54, 1.807) is 18.2 Å². The second kappa shape index (κ2) is 5.52. The van der Waals surface area contributed by atoms with Gasteiger partial charge in [0.1, 0.15) is 12.4 Å². The summed E-state index contributed by atoms with van der Waals surface area (Å²) in [4.78, 5) is 13.9. The van der Waals surface area contributed by atoms with Crippen molar-refractivity contribution in [3.05, 3.63) is 59.4 Å². The fraction of sp³-hybridized carbons (Fsp3) is 0.118. The first-order chi connectivity index (χ1) is 10.6. The lowest BCUT2D eigenvalue weighted by Gasteiger charge is -2.03. The van der Waals surface area contributed by atoms with Crippen LogP contribution in [0.4, 0.5) is 9.18 Å². The Labute approximate surface area is 126 Å². The Morgan fingerprint density at radius 3 is 2.77 bits per heavy atom. The lowest BCUT2D eigenvalue weighted by atomic mass is 10.0. The number of hydrogen-bond acceptors (Lipinski definition) is 2. The van der Waals surface area contributed by atoms with Crippen molar-refractivity contribution in [1.82, 2.24) is 4.98 Å². The third-order valence-electron chi connectivity index (χ3n) is 3.65. The van der Waals surface area contributed by atoms with Gasteiger partial charge in [0.2, 0.25) is 0 Å². The number of aryl methyl sites for hydroxylation is 1. The van der Waals surface area contributed by atoms with Crippen LogP contribution in [-0.4, -0.2) is 11.1 Å². The smallest absolute Gasteiger partial charge is 0.404 e. The molecule has 22 heavy (non-hydrogen) atoms. The van der Waals surface area contributed by atoms with E-state index in [0.29, 0.717) is 5.56 Å². The maximum absolute atomic E-state index is 14.0. The van der Waals surface area contributed by atoms with Gasteiger partial charge in [0.15, 0.2) is 0 Å². The van der Waals surface area contributed by atoms with E-state index in [0.717, 1.165) is 27.7 Å². The van der Waals surface area contributed by atoms with Gasteiger partial charge < -0.3 is 15.5 Å². The van der Waals surface area contributed by atoms with E-state index in [2.05, 4.69) is 4.98 Å². The molecule has 3 rings (SSSR count). The van der Waals surface area contributed by atoms with E-state index >= 15 is 0 Å². The number of rotatable bonds is 3. The van der Waals surface area contributed by atoms with Crippen LogP contribution in [0.3, 0.4) is 0 Å². The summed E-state index contributed by atoms with van der Waals surface area (Å²) in [7, 11) is 0. The minimum atomic E-state index is -0.807. The number of primary amides is 1. The maximum atomic E-state index is 14.0. The van der Waals surface area contributed by atoms with Crippen molar-refractivity contribution in [1.29, 1.82) is 0 Å². The normalized spacial score (nSPS) is 10.8. The molecule has 0 bridgehead atoms. The number of amides is 1. The Morgan fingerprint density at radius 2 is 2.05 bits per heavy atom. The average Bonchev–Trinajstić information content (AvgIpc) is 2.82. The average molecular weight is 298 g/mol. The summed E-state index contributed by atoms with van der Waals surface area (Å²) in [5.41, 5.74) is 8.93. The second-order valence-electron chi connectivity index (χ2n) is 5.09. The Kier molecular flexibility index (Phi) is 3.55. The zero-order valence-corrected chi connectivity index (χ0v) is 12.0. The van der Waals surface area contributed by atoms with Crippen LogP contribution in [-0.2, 0) is 11.3 Å². The van der Waals surface area contributed by atoms with Gasteiger partial charge in [-0.05, 0) is 42.3 Å². The van der Waals surface area contributed by atoms with E-state index in [4.69, 9.17) is 10.5 Å². The molecular formula is C17H15FN2O2. The first-order valence-electron chi connectivity index (χ1n) is 6.84. The van der Waals surface area contributed by atoms with E-state index in [1.165, 1.54) is 6.07 Å². The van der Waals surface area contributed by atoms with Crippen molar-refractivity contribution < 1.29 is 13.9 Å². The summed E-state index contributed by atoms with van der Waals surface area (Å²) in [6, 6.07) is 12.3.